The molecule has 2 N–H and O–H groups in total. The average molecular weight is 516 g/mol. The molecule has 9 nitrogen and oxygen atoms in total. The molecule has 194 valence electrons. The van der Waals surface area contributed by atoms with E-state index in [1.165, 1.54) is 0 Å². The van der Waals surface area contributed by atoms with Gasteiger partial charge in [-0.3, -0.25) is 14.4 Å². The summed E-state index contributed by atoms with van der Waals surface area (Å²) in [5.41, 5.74) is -0.357. The Morgan fingerprint density at radius 3 is 2.29 bits per heavy atom. The Hall–Kier alpha value is -2.60. The summed E-state index contributed by atoms with van der Waals surface area (Å²) in [5.74, 6) is -5.15. The molecule has 1 aliphatic carbocycles. The number of benzene rings is 1. The van der Waals surface area contributed by atoms with E-state index in [1.54, 1.807) is 6.92 Å². The van der Waals surface area contributed by atoms with Crippen molar-refractivity contribution >= 4 is 27.8 Å². The van der Waals surface area contributed by atoms with Crippen molar-refractivity contribution in [2.75, 3.05) is 18.8 Å². The minimum atomic E-state index is -3.94. The van der Waals surface area contributed by atoms with Crippen molar-refractivity contribution in [2.45, 2.75) is 64.1 Å². The Morgan fingerprint density at radius 2 is 1.71 bits per heavy atom. The zero-order valence-electron chi connectivity index (χ0n) is 19.6. The van der Waals surface area contributed by atoms with E-state index in [-0.39, 0.29) is 43.2 Å². The average Bonchev–Trinajstić information content (AvgIpc) is 3.24. The zero-order valence-corrected chi connectivity index (χ0v) is 20.4. The smallest absolute Gasteiger partial charge is 0.305 e. The Bertz CT molecular complexity index is 1040. The summed E-state index contributed by atoms with van der Waals surface area (Å²) in [6.45, 7) is 1.33. The van der Waals surface area contributed by atoms with Gasteiger partial charge in [0.2, 0.25) is 10.0 Å². The predicted octanol–water partition coefficient (Wildman–Crippen LogP) is 2.33. The standard InChI is InChI=1S/C23H31F2N3O6S/c1-2-10-35(33,34)28-9-8-27(23(32)16-11-17(24)13-18(25)12-16)22(28)21(31)26-19(14-20(29)30)15-6-4-3-5-7-15/h11-13,15,19,22H,2-10,14H2,1H3,(H,26,31)(H,29,30). The van der Waals surface area contributed by atoms with E-state index in [1.807, 2.05) is 0 Å². The van der Waals surface area contributed by atoms with E-state index in [4.69, 9.17) is 0 Å². The van der Waals surface area contributed by atoms with Crippen molar-refractivity contribution < 1.29 is 36.7 Å². The van der Waals surface area contributed by atoms with Crippen LogP contribution in [0.1, 0.15) is 62.2 Å². The van der Waals surface area contributed by atoms with Gasteiger partial charge in [0, 0.05) is 30.8 Å². The van der Waals surface area contributed by atoms with Crippen molar-refractivity contribution in [2.24, 2.45) is 5.92 Å². The lowest BCUT2D eigenvalue weighted by molar-refractivity contribution is -0.138. The Labute approximate surface area is 203 Å². The first-order valence-corrected chi connectivity index (χ1v) is 13.4. The van der Waals surface area contributed by atoms with Crippen LogP contribution in [0.2, 0.25) is 0 Å². The molecular weight excluding hydrogens is 484 g/mol. The van der Waals surface area contributed by atoms with Gasteiger partial charge in [-0.2, -0.15) is 4.31 Å². The fourth-order valence-corrected chi connectivity index (χ4v) is 6.54. The highest BCUT2D eigenvalue weighted by Gasteiger charge is 2.46. The van der Waals surface area contributed by atoms with Gasteiger partial charge in [-0.15, -0.1) is 0 Å². The highest BCUT2D eigenvalue weighted by Crippen LogP contribution is 2.29. The molecule has 1 saturated heterocycles. The maximum absolute atomic E-state index is 13.7. The molecule has 3 rings (SSSR count). The summed E-state index contributed by atoms with van der Waals surface area (Å²) in [4.78, 5) is 39.1. The summed E-state index contributed by atoms with van der Waals surface area (Å²) in [5, 5.41) is 12.1. The zero-order chi connectivity index (χ0) is 25.8. The molecule has 2 fully saturated rings. The second-order valence-corrected chi connectivity index (χ2v) is 11.1. The third-order valence-corrected chi connectivity index (χ3v) is 8.52. The number of carbonyl (C=O) groups is 3. The van der Waals surface area contributed by atoms with Crippen LogP contribution in [0.5, 0.6) is 0 Å². The van der Waals surface area contributed by atoms with Crippen LogP contribution >= 0.6 is 0 Å². The molecule has 2 aliphatic rings. The molecule has 1 heterocycles. The predicted molar refractivity (Wildman–Crippen MR) is 123 cm³/mol. The number of nitrogens with zero attached hydrogens (tertiary/aromatic N) is 2. The molecule has 1 saturated carbocycles. The minimum absolute atomic E-state index is 0.0904. The molecule has 0 spiro atoms. The van der Waals surface area contributed by atoms with Crippen molar-refractivity contribution in [1.29, 1.82) is 0 Å². The molecule has 0 aromatic heterocycles. The van der Waals surface area contributed by atoms with Crippen LogP contribution in [0.15, 0.2) is 18.2 Å². The first-order chi connectivity index (χ1) is 16.5. The largest absolute Gasteiger partial charge is 0.481 e. The highest BCUT2D eigenvalue weighted by molar-refractivity contribution is 7.89. The fraction of sp³-hybridized carbons (Fsp3) is 0.609. The summed E-state index contributed by atoms with van der Waals surface area (Å²) in [6, 6.07) is 1.50. The number of halogens is 2. The monoisotopic (exact) mass is 515 g/mol. The van der Waals surface area contributed by atoms with Gasteiger partial charge in [0.15, 0.2) is 6.17 Å². The number of aliphatic carboxylic acids is 1. The van der Waals surface area contributed by atoms with Crippen LogP contribution in [0.4, 0.5) is 8.78 Å². The van der Waals surface area contributed by atoms with Gasteiger partial charge in [0.05, 0.1) is 12.2 Å². The van der Waals surface area contributed by atoms with Crippen molar-refractivity contribution in [3.63, 3.8) is 0 Å². The first kappa shape index (κ1) is 27.0. The number of carboxylic acid groups (broad SMARTS) is 1. The molecule has 2 atom stereocenters. The van der Waals surface area contributed by atoms with Gasteiger partial charge in [-0.25, -0.2) is 17.2 Å². The van der Waals surface area contributed by atoms with Crippen LogP contribution in [0.3, 0.4) is 0 Å². The number of carboxylic acids is 1. The summed E-state index contributed by atoms with van der Waals surface area (Å²) in [7, 11) is -3.94. The Balaban J connectivity index is 1.93. The molecule has 35 heavy (non-hydrogen) atoms. The maximum Gasteiger partial charge on any atom is 0.305 e. The number of sulfonamides is 1. The molecule has 0 radical (unpaired) electrons. The van der Waals surface area contributed by atoms with E-state index >= 15 is 0 Å². The number of hydrogen-bond acceptors (Lipinski definition) is 5. The molecule has 2 amide bonds. The summed E-state index contributed by atoms with van der Waals surface area (Å²) >= 11 is 0. The fourth-order valence-electron chi connectivity index (χ4n) is 4.92. The lowest BCUT2D eigenvalue weighted by Crippen LogP contribution is -2.57. The summed E-state index contributed by atoms with van der Waals surface area (Å²) in [6.07, 6.45) is 2.61. The van der Waals surface area contributed by atoms with E-state index in [0.717, 1.165) is 53.4 Å². The molecular formula is C23H31F2N3O6S. The maximum atomic E-state index is 13.7. The number of hydrogen-bond donors (Lipinski definition) is 2. The highest BCUT2D eigenvalue weighted by atomic mass is 32.2. The molecule has 2 unspecified atom stereocenters. The second-order valence-electron chi connectivity index (χ2n) is 9.07. The van der Waals surface area contributed by atoms with Crippen LogP contribution < -0.4 is 5.32 Å². The van der Waals surface area contributed by atoms with Gasteiger partial charge < -0.3 is 15.3 Å². The van der Waals surface area contributed by atoms with E-state index in [9.17, 15) is 36.7 Å². The quantitative estimate of drug-likeness (QED) is 0.520. The van der Waals surface area contributed by atoms with Crippen LogP contribution in [0.25, 0.3) is 0 Å². The minimum Gasteiger partial charge on any atom is -0.481 e. The number of nitrogens with one attached hydrogen (secondary N) is 1. The van der Waals surface area contributed by atoms with Crippen molar-refractivity contribution in [1.82, 2.24) is 14.5 Å². The Kier molecular flexibility index (Phi) is 8.81. The third kappa shape index (κ3) is 6.54. The molecule has 1 aromatic carbocycles. The van der Waals surface area contributed by atoms with Crippen LogP contribution in [-0.4, -0.2) is 71.6 Å². The molecule has 1 aliphatic heterocycles. The second kappa shape index (κ2) is 11.4. The third-order valence-electron chi connectivity index (χ3n) is 6.49. The van der Waals surface area contributed by atoms with Gasteiger partial charge >= 0.3 is 5.97 Å². The van der Waals surface area contributed by atoms with Gasteiger partial charge in [0.1, 0.15) is 11.6 Å². The lowest BCUT2D eigenvalue weighted by Gasteiger charge is -2.34. The first-order valence-electron chi connectivity index (χ1n) is 11.8. The van der Waals surface area contributed by atoms with E-state index in [2.05, 4.69) is 5.32 Å². The van der Waals surface area contributed by atoms with Crippen molar-refractivity contribution in [3.8, 4) is 0 Å². The van der Waals surface area contributed by atoms with E-state index < -0.39 is 51.6 Å². The lowest BCUT2D eigenvalue weighted by atomic mass is 9.82. The topological polar surface area (TPSA) is 124 Å². The van der Waals surface area contributed by atoms with Gasteiger partial charge in [-0.05, 0) is 37.3 Å². The number of carbonyl (C=O) groups excluding carboxylic acids is 2. The molecule has 12 heteroatoms. The number of amides is 2. The van der Waals surface area contributed by atoms with Crippen LogP contribution in [0, 0.1) is 17.6 Å². The molecule has 0 bridgehead atoms. The van der Waals surface area contributed by atoms with E-state index in [0.29, 0.717) is 6.07 Å². The van der Waals surface area contributed by atoms with Gasteiger partial charge in [0.25, 0.3) is 11.8 Å². The Morgan fingerprint density at radius 1 is 1.09 bits per heavy atom. The SMILES string of the molecule is CCCS(=O)(=O)N1CCN(C(=O)c2cc(F)cc(F)c2)C1C(=O)NC(CC(=O)O)C1CCCCC1. The normalized spacial score (nSPS) is 20.5. The summed E-state index contributed by atoms with van der Waals surface area (Å²) < 4.78 is 54.2. The van der Waals surface area contributed by atoms with Crippen LogP contribution in [-0.2, 0) is 19.6 Å². The van der Waals surface area contributed by atoms with Gasteiger partial charge in [-0.1, -0.05) is 26.2 Å². The molecule has 1 aromatic rings. The van der Waals surface area contributed by atoms with Crippen molar-refractivity contribution in [3.05, 3.63) is 35.4 Å². The number of rotatable bonds is 9.